The van der Waals surface area contributed by atoms with E-state index in [0.717, 1.165) is 10.6 Å². The van der Waals surface area contributed by atoms with Crippen molar-refractivity contribution < 1.29 is 8.78 Å². The second-order valence-electron chi connectivity index (χ2n) is 4.80. The van der Waals surface area contributed by atoms with E-state index in [1.165, 1.54) is 30.3 Å². The zero-order valence-electron chi connectivity index (χ0n) is 11.8. The van der Waals surface area contributed by atoms with Crippen molar-refractivity contribution in [2.75, 3.05) is 0 Å². The first-order valence-corrected chi connectivity index (χ1v) is 7.34. The molecule has 0 aliphatic rings. The highest BCUT2D eigenvalue weighted by Crippen LogP contribution is 2.30. The number of nitrogens with zero attached hydrogens (tertiary/aromatic N) is 2. The van der Waals surface area contributed by atoms with Crippen molar-refractivity contribution in [3.05, 3.63) is 74.3 Å². The molecule has 0 aliphatic carbocycles. The summed E-state index contributed by atoms with van der Waals surface area (Å²) < 4.78 is 28.7. The third kappa shape index (κ3) is 2.58. The van der Waals surface area contributed by atoms with Gasteiger partial charge in [0, 0.05) is 5.56 Å². The molecule has 0 amide bonds. The number of imidazole rings is 1. The lowest BCUT2D eigenvalue weighted by molar-refractivity contribution is 0.617. The third-order valence-electron chi connectivity index (χ3n) is 3.37. The van der Waals surface area contributed by atoms with Crippen molar-refractivity contribution in [1.29, 1.82) is 5.26 Å². The Hall–Kier alpha value is -2.62. The number of H-pyrrole nitrogens is 1. The molecule has 1 aromatic heterocycles. The van der Waals surface area contributed by atoms with Gasteiger partial charge in [-0.25, -0.2) is 13.6 Å². The van der Waals surface area contributed by atoms with Crippen molar-refractivity contribution in [3.8, 4) is 23.0 Å². The van der Waals surface area contributed by atoms with Gasteiger partial charge >= 0.3 is 5.69 Å². The molecule has 0 aliphatic heterocycles. The van der Waals surface area contributed by atoms with E-state index >= 15 is 0 Å². The van der Waals surface area contributed by atoms with Crippen LogP contribution < -0.4 is 5.69 Å². The van der Waals surface area contributed by atoms with Gasteiger partial charge < -0.3 is 0 Å². The summed E-state index contributed by atoms with van der Waals surface area (Å²) in [5.41, 5.74) is -0.646. The molecular formula is C16H7Cl2F2N3O. The van der Waals surface area contributed by atoms with E-state index in [4.69, 9.17) is 23.2 Å². The Balaban J connectivity index is 2.38. The zero-order chi connectivity index (χ0) is 17.4. The minimum Gasteiger partial charge on any atom is -0.296 e. The van der Waals surface area contributed by atoms with Crippen LogP contribution in [-0.4, -0.2) is 9.55 Å². The number of halogens is 4. The second kappa shape index (κ2) is 6.11. The molecule has 0 saturated carbocycles. The van der Waals surface area contributed by atoms with Crippen LogP contribution in [-0.2, 0) is 0 Å². The minimum atomic E-state index is -0.820. The maximum atomic E-state index is 14.3. The SMILES string of the molecule is N#Cc1[nH]c(=O)n(-c2cccc(Cl)c2F)c1-c1ccc(F)c(Cl)c1. The van der Waals surface area contributed by atoms with Crippen molar-refractivity contribution >= 4 is 23.2 Å². The monoisotopic (exact) mass is 365 g/mol. The van der Waals surface area contributed by atoms with Gasteiger partial charge in [-0.1, -0.05) is 29.3 Å². The van der Waals surface area contributed by atoms with E-state index in [2.05, 4.69) is 4.98 Å². The van der Waals surface area contributed by atoms with Gasteiger partial charge in [-0.3, -0.25) is 9.55 Å². The van der Waals surface area contributed by atoms with Gasteiger partial charge in [0.2, 0.25) is 0 Å². The van der Waals surface area contributed by atoms with Crippen LogP contribution in [0.1, 0.15) is 5.69 Å². The summed E-state index contributed by atoms with van der Waals surface area (Å²) in [6, 6.07) is 9.64. The fourth-order valence-electron chi connectivity index (χ4n) is 2.33. The molecule has 4 nitrogen and oxygen atoms in total. The van der Waals surface area contributed by atoms with Gasteiger partial charge in [0.25, 0.3) is 0 Å². The molecule has 120 valence electrons. The quantitative estimate of drug-likeness (QED) is 0.736. The summed E-state index contributed by atoms with van der Waals surface area (Å²) in [5, 5.41) is 8.88. The van der Waals surface area contributed by atoms with Crippen molar-refractivity contribution in [1.82, 2.24) is 9.55 Å². The molecule has 0 fully saturated rings. The van der Waals surface area contributed by atoms with Gasteiger partial charge in [-0.2, -0.15) is 5.26 Å². The summed E-state index contributed by atoms with van der Waals surface area (Å²) in [6.07, 6.45) is 0. The topological polar surface area (TPSA) is 61.6 Å². The first kappa shape index (κ1) is 16.2. The zero-order valence-corrected chi connectivity index (χ0v) is 13.3. The lowest BCUT2D eigenvalue weighted by Crippen LogP contribution is -2.17. The third-order valence-corrected chi connectivity index (χ3v) is 3.95. The fraction of sp³-hybridized carbons (Fsp3) is 0. The highest BCUT2D eigenvalue weighted by molar-refractivity contribution is 6.31. The number of benzene rings is 2. The molecular weight excluding hydrogens is 359 g/mol. The van der Waals surface area contributed by atoms with Gasteiger partial charge in [0.1, 0.15) is 17.6 Å². The van der Waals surface area contributed by atoms with Gasteiger partial charge in [-0.05, 0) is 30.3 Å². The molecule has 0 bridgehead atoms. The van der Waals surface area contributed by atoms with Crippen LogP contribution in [0.4, 0.5) is 8.78 Å². The number of rotatable bonds is 2. The van der Waals surface area contributed by atoms with Crippen LogP contribution in [0.2, 0.25) is 10.0 Å². The number of aromatic nitrogens is 2. The van der Waals surface area contributed by atoms with Crippen LogP contribution in [0.15, 0.2) is 41.2 Å². The molecule has 3 rings (SSSR count). The molecule has 8 heteroatoms. The lowest BCUT2D eigenvalue weighted by Gasteiger charge is -2.10. The standard InChI is InChI=1S/C16H7Cl2F2N3O/c17-9-2-1-3-13(14(9)20)23-15(12(7-21)22-16(23)24)8-4-5-11(19)10(18)6-8/h1-6H,(H,22,24). The Bertz CT molecular complexity index is 1050. The maximum Gasteiger partial charge on any atom is 0.331 e. The molecule has 2 aromatic carbocycles. The van der Waals surface area contributed by atoms with Crippen molar-refractivity contribution in [2.45, 2.75) is 0 Å². The molecule has 1 heterocycles. The molecule has 0 unspecified atom stereocenters. The summed E-state index contributed by atoms with van der Waals surface area (Å²) in [5.74, 6) is -1.48. The highest BCUT2D eigenvalue weighted by atomic mass is 35.5. The number of nitrogens with one attached hydrogen (secondary N) is 1. The molecule has 1 N–H and O–H groups in total. The van der Waals surface area contributed by atoms with E-state index in [1.54, 1.807) is 0 Å². The van der Waals surface area contributed by atoms with E-state index in [9.17, 15) is 18.8 Å². The first-order valence-electron chi connectivity index (χ1n) is 6.59. The molecule has 0 saturated heterocycles. The minimum absolute atomic E-state index is 0.0607. The Morgan fingerprint density at radius 3 is 2.54 bits per heavy atom. The summed E-state index contributed by atoms with van der Waals surface area (Å²) in [7, 11) is 0. The number of hydrogen-bond acceptors (Lipinski definition) is 2. The van der Waals surface area contributed by atoms with Gasteiger partial charge in [0.15, 0.2) is 5.82 Å². The number of hydrogen-bond donors (Lipinski definition) is 1. The van der Waals surface area contributed by atoms with Crippen LogP contribution in [0.3, 0.4) is 0 Å². The molecule has 24 heavy (non-hydrogen) atoms. The first-order chi connectivity index (χ1) is 11.4. The van der Waals surface area contributed by atoms with E-state index in [-0.39, 0.29) is 32.7 Å². The van der Waals surface area contributed by atoms with E-state index < -0.39 is 17.3 Å². The normalized spacial score (nSPS) is 10.6. The molecule has 0 atom stereocenters. The van der Waals surface area contributed by atoms with Crippen molar-refractivity contribution in [2.24, 2.45) is 0 Å². The largest absolute Gasteiger partial charge is 0.331 e. The van der Waals surface area contributed by atoms with E-state index in [0.29, 0.717) is 0 Å². The maximum absolute atomic E-state index is 14.3. The molecule has 3 aromatic rings. The van der Waals surface area contributed by atoms with Crippen molar-refractivity contribution in [3.63, 3.8) is 0 Å². The van der Waals surface area contributed by atoms with Crippen LogP contribution in [0.5, 0.6) is 0 Å². The van der Waals surface area contributed by atoms with Crippen LogP contribution >= 0.6 is 23.2 Å². The number of nitriles is 1. The van der Waals surface area contributed by atoms with Crippen LogP contribution in [0, 0.1) is 23.0 Å². The lowest BCUT2D eigenvalue weighted by atomic mass is 10.1. The second-order valence-corrected chi connectivity index (χ2v) is 5.62. The predicted molar refractivity (Wildman–Crippen MR) is 86.5 cm³/mol. The summed E-state index contributed by atoms with van der Waals surface area (Å²) in [4.78, 5) is 14.6. The molecule has 0 spiro atoms. The predicted octanol–water partition coefficient (Wildman–Crippen LogP) is 4.29. The smallest absolute Gasteiger partial charge is 0.296 e. The average Bonchev–Trinajstić information content (AvgIpc) is 2.89. The number of aromatic amines is 1. The average molecular weight is 366 g/mol. The van der Waals surface area contributed by atoms with Crippen LogP contribution in [0.25, 0.3) is 16.9 Å². The Morgan fingerprint density at radius 1 is 1.12 bits per heavy atom. The molecule has 0 radical (unpaired) electrons. The Morgan fingerprint density at radius 2 is 1.88 bits per heavy atom. The van der Waals surface area contributed by atoms with Gasteiger partial charge in [-0.15, -0.1) is 0 Å². The Labute approximate surface area is 144 Å². The summed E-state index contributed by atoms with van der Waals surface area (Å²) >= 11 is 11.5. The summed E-state index contributed by atoms with van der Waals surface area (Å²) in [6.45, 7) is 0. The Kier molecular flexibility index (Phi) is 4.14. The van der Waals surface area contributed by atoms with Gasteiger partial charge in [0.05, 0.1) is 21.4 Å². The highest BCUT2D eigenvalue weighted by Gasteiger charge is 2.21. The van der Waals surface area contributed by atoms with E-state index in [1.807, 2.05) is 6.07 Å². The fourth-order valence-corrected chi connectivity index (χ4v) is 2.68.